The predicted octanol–water partition coefficient (Wildman–Crippen LogP) is 3.31. The van der Waals surface area contributed by atoms with Gasteiger partial charge < -0.3 is 19.8 Å². The van der Waals surface area contributed by atoms with Crippen LogP contribution in [0.25, 0.3) is 33.5 Å². The van der Waals surface area contributed by atoms with Gasteiger partial charge in [-0.25, -0.2) is 19.2 Å². The van der Waals surface area contributed by atoms with Crippen molar-refractivity contribution in [2.24, 2.45) is 7.05 Å². The minimum Gasteiger partial charge on any atom is -0.406 e. The number of H-pyrrole nitrogens is 1. The Balaban J connectivity index is 1.43. The van der Waals surface area contributed by atoms with Crippen LogP contribution in [-0.2, 0) is 11.8 Å². The maximum Gasteiger partial charge on any atom is 0.413 e. The van der Waals surface area contributed by atoms with Gasteiger partial charge in [0.2, 0.25) is 0 Å². The molecule has 0 saturated carbocycles. The molecule has 0 spiro atoms. The fraction of sp³-hybridized carbons (Fsp3) is 0.333. The predicted molar refractivity (Wildman–Crippen MR) is 111 cm³/mol. The van der Waals surface area contributed by atoms with Gasteiger partial charge in [-0.15, -0.1) is 0 Å². The molecule has 9 nitrogen and oxygen atoms in total. The number of nitrogens with one attached hydrogen (secondary N) is 2. The summed E-state index contributed by atoms with van der Waals surface area (Å²) in [6, 6.07) is 4.29. The van der Waals surface area contributed by atoms with Crippen LogP contribution >= 0.6 is 0 Å². The van der Waals surface area contributed by atoms with Crippen molar-refractivity contribution in [2.45, 2.75) is 31.9 Å². The molecular weight excluding hydrogens is 403 g/mol. The van der Waals surface area contributed by atoms with Gasteiger partial charge in [0, 0.05) is 25.2 Å². The lowest BCUT2D eigenvalue weighted by Crippen LogP contribution is -2.42. The molecule has 2 N–H and O–H groups in total. The first-order chi connectivity index (χ1) is 15.0. The van der Waals surface area contributed by atoms with Crippen LogP contribution in [0.4, 0.5) is 9.18 Å². The molecule has 1 amide bonds. The summed E-state index contributed by atoms with van der Waals surface area (Å²) in [6.07, 6.45) is 4.41. The highest BCUT2D eigenvalue weighted by Crippen LogP contribution is 2.30. The van der Waals surface area contributed by atoms with Gasteiger partial charge in [-0.1, -0.05) is 0 Å². The highest BCUT2D eigenvalue weighted by molar-refractivity contribution is 5.93. The molecule has 0 bridgehead atoms. The van der Waals surface area contributed by atoms with Gasteiger partial charge in [-0.3, -0.25) is 4.68 Å². The van der Waals surface area contributed by atoms with Crippen LogP contribution in [0.3, 0.4) is 0 Å². The Bertz CT molecular complexity index is 1280. The molecular formula is C21H21FN6O3. The van der Waals surface area contributed by atoms with Crippen LogP contribution in [0.5, 0.6) is 5.75 Å². The summed E-state index contributed by atoms with van der Waals surface area (Å²) in [5.74, 6) is -0.0826. The number of hydrogen-bond donors (Lipinski definition) is 2. The zero-order valence-corrected chi connectivity index (χ0v) is 17.1. The van der Waals surface area contributed by atoms with Crippen molar-refractivity contribution in [1.29, 1.82) is 0 Å². The first-order valence-corrected chi connectivity index (χ1v) is 10.1. The Kier molecular flexibility index (Phi) is 4.78. The number of ether oxygens (including phenoxy) is 2. The summed E-state index contributed by atoms with van der Waals surface area (Å²) >= 11 is 0. The van der Waals surface area contributed by atoms with E-state index in [1.807, 2.05) is 6.92 Å². The Morgan fingerprint density at radius 1 is 1.45 bits per heavy atom. The fourth-order valence-electron chi connectivity index (χ4n) is 3.89. The minimum atomic E-state index is -0.588. The Labute approximate surface area is 176 Å². The van der Waals surface area contributed by atoms with Gasteiger partial charge >= 0.3 is 6.09 Å². The van der Waals surface area contributed by atoms with Crippen LogP contribution in [-0.4, -0.2) is 49.6 Å². The van der Waals surface area contributed by atoms with E-state index < -0.39 is 6.09 Å². The molecule has 0 radical (unpaired) electrons. The molecule has 1 saturated heterocycles. The number of benzene rings is 1. The smallest absolute Gasteiger partial charge is 0.406 e. The van der Waals surface area contributed by atoms with Gasteiger partial charge in [0.1, 0.15) is 17.2 Å². The number of aromatic nitrogens is 5. The van der Waals surface area contributed by atoms with E-state index >= 15 is 0 Å². The third kappa shape index (κ3) is 3.59. The monoisotopic (exact) mass is 424 g/mol. The summed E-state index contributed by atoms with van der Waals surface area (Å²) in [4.78, 5) is 24.3. The second-order valence-corrected chi connectivity index (χ2v) is 7.61. The van der Waals surface area contributed by atoms with Crippen LogP contribution < -0.4 is 10.1 Å². The highest BCUT2D eigenvalue weighted by atomic mass is 19.1. The lowest BCUT2D eigenvalue weighted by Gasteiger charge is -2.19. The van der Waals surface area contributed by atoms with Crippen molar-refractivity contribution in [2.75, 3.05) is 6.61 Å². The summed E-state index contributed by atoms with van der Waals surface area (Å²) in [7, 11) is 1.74. The number of hydrogen-bond acceptors (Lipinski definition) is 6. The van der Waals surface area contributed by atoms with Crippen LogP contribution in [0, 0.1) is 5.82 Å². The van der Waals surface area contributed by atoms with Crippen LogP contribution in [0.15, 0.2) is 30.6 Å². The number of carbonyl (C=O) groups excluding carboxylic acids is 1. The Morgan fingerprint density at radius 2 is 2.32 bits per heavy atom. The summed E-state index contributed by atoms with van der Waals surface area (Å²) < 4.78 is 26.3. The number of amides is 1. The number of rotatable bonds is 4. The molecule has 0 aliphatic carbocycles. The first kappa shape index (κ1) is 19.4. The number of carbonyl (C=O) groups is 1. The second-order valence-electron chi connectivity index (χ2n) is 7.61. The lowest BCUT2D eigenvalue weighted by molar-refractivity contribution is 0.0829. The van der Waals surface area contributed by atoms with Crippen LogP contribution in [0.1, 0.15) is 19.8 Å². The average molecular weight is 424 g/mol. The van der Waals surface area contributed by atoms with Gasteiger partial charge in [-0.05, 0) is 38.0 Å². The number of nitrogens with zero attached hydrogens (tertiary/aromatic N) is 4. The molecule has 5 rings (SSSR count). The standard InChI is InChI=1S/C21H21FN6O3/c1-11(16-4-3-7-30-16)25-21(29)31-17-10-24-20-19(17)26-14(9-23-20)18-13-6-5-12(22)8-15(13)28(2)27-18/h5-6,8-11,16H,3-4,7H2,1-2H3,(H,23,24)(H,25,29)/t11-,16+/m0/s1. The minimum absolute atomic E-state index is 0.0100. The van der Waals surface area contributed by atoms with Crippen molar-refractivity contribution in [1.82, 2.24) is 30.0 Å². The molecule has 3 aromatic heterocycles. The van der Waals surface area contributed by atoms with E-state index in [1.54, 1.807) is 24.0 Å². The molecule has 4 heterocycles. The second kappa shape index (κ2) is 7.62. The molecule has 0 unspecified atom stereocenters. The molecule has 1 aliphatic heterocycles. The summed E-state index contributed by atoms with van der Waals surface area (Å²) in [5, 5.41) is 8.02. The van der Waals surface area contributed by atoms with Crippen molar-refractivity contribution >= 4 is 28.2 Å². The quantitative estimate of drug-likeness (QED) is 0.521. The molecule has 31 heavy (non-hydrogen) atoms. The van der Waals surface area contributed by atoms with Gasteiger partial charge in [0.25, 0.3) is 0 Å². The topological polar surface area (TPSA) is 107 Å². The van der Waals surface area contributed by atoms with E-state index in [0.717, 1.165) is 18.2 Å². The van der Waals surface area contributed by atoms with E-state index in [4.69, 9.17) is 9.47 Å². The number of aryl methyl sites for hydroxylation is 1. The van der Waals surface area contributed by atoms with Gasteiger partial charge in [-0.2, -0.15) is 5.10 Å². The number of fused-ring (bicyclic) bond motifs is 2. The van der Waals surface area contributed by atoms with Crippen molar-refractivity contribution in [3.05, 3.63) is 36.4 Å². The number of aromatic amines is 1. The van der Waals surface area contributed by atoms with E-state index in [2.05, 4.69) is 25.4 Å². The third-order valence-corrected chi connectivity index (χ3v) is 5.47. The normalized spacial score (nSPS) is 17.3. The maximum absolute atomic E-state index is 13.6. The van der Waals surface area contributed by atoms with Crippen molar-refractivity contribution < 1.29 is 18.7 Å². The van der Waals surface area contributed by atoms with Gasteiger partial charge in [0.15, 0.2) is 16.9 Å². The molecule has 160 valence electrons. The van der Waals surface area contributed by atoms with Crippen molar-refractivity contribution in [3.8, 4) is 17.1 Å². The average Bonchev–Trinajstić information content (AvgIpc) is 3.48. The van der Waals surface area contributed by atoms with E-state index in [9.17, 15) is 9.18 Å². The largest absolute Gasteiger partial charge is 0.413 e. The van der Waals surface area contributed by atoms with Crippen molar-refractivity contribution in [3.63, 3.8) is 0 Å². The lowest BCUT2D eigenvalue weighted by atomic mass is 10.1. The zero-order chi connectivity index (χ0) is 21.5. The first-order valence-electron chi connectivity index (χ1n) is 10.1. The summed E-state index contributed by atoms with van der Waals surface area (Å²) in [6.45, 7) is 2.60. The third-order valence-electron chi connectivity index (χ3n) is 5.47. The fourth-order valence-corrected chi connectivity index (χ4v) is 3.89. The van der Waals surface area contributed by atoms with E-state index in [1.165, 1.54) is 18.3 Å². The zero-order valence-electron chi connectivity index (χ0n) is 17.1. The highest BCUT2D eigenvalue weighted by Gasteiger charge is 2.25. The molecule has 4 aromatic rings. The van der Waals surface area contributed by atoms with Crippen LogP contribution in [0.2, 0.25) is 0 Å². The molecule has 10 heteroatoms. The molecule has 1 aliphatic rings. The maximum atomic E-state index is 13.6. The SMILES string of the molecule is C[C@H](NC(=O)Oc1c[nH]c2ncc(-c3nn(C)c4cc(F)ccc34)nc12)[C@H]1CCCO1. The van der Waals surface area contributed by atoms with Gasteiger partial charge in [0.05, 0.1) is 23.9 Å². The molecule has 1 aromatic carbocycles. The number of halogens is 1. The van der Waals surface area contributed by atoms with E-state index in [-0.39, 0.29) is 23.7 Å². The summed E-state index contributed by atoms with van der Waals surface area (Å²) in [5.41, 5.74) is 2.58. The molecule has 2 atom stereocenters. The molecule has 1 fully saturated rings. The van der Waals surface area contributed by atoms with E-state index in [0.29, 0.717) is 34.7 Å². The Hall–Kier alpha value is -3.53. The Morgan fingerprint density at radius 3 is 3.13 bits per heavy atom.